The van der Waals surface area contributed by atoms with Crippen LogP contribution in [0.2, 0.25) is 0 Å². The van der Waals surface area contributed by atoms with E-state index in [0.29, 0.717) is 5.13 Å². The van der Waals surface area contributed by atoms with Crippen LogP contribution in [-0.2, 0) is 0 Å². The topological polar surface area (TPSA) is 149 Å². The van der Waals surface area contributed by atoms with Crippen molar-refractivity contribution in [1.82, 2.24) is 15.0 Å². The van der Waals surface area contributed by atoms with E-state index >= 15 is 0 Å². The van der Waals surface area contributed by atoms with Gasteiger partial charge < -0.3 is 10.6 Å². The molecule has 138 valence electrons. The predicted molar refractivity (Wildman–Crippen MR) is 99.9 cm³/mol. The molecule has 3 rings (SSSR count). The second kappa shape index (κ2) is 7.29. The van der Waals surface area contributed by atoms with Gasteiger partial charge in [0.15, 0.2) is 5.13 Å². The molecule has 0 saturated carbocycles. The van der Waals surface area contributed by atoms with Crippen LogP contribution >= 0.6 is 11.3 Å². The molecule has 2 heterocycles. The zero-order chi connectivity index (χ0) is 19.6. The van der Waals surface area contributed by atoms with E-state index in [2.05, 4.69) is 25.6 Å². The number of non-ortho nitro benzene ring substituents is 1. The fourth-order valence-electron chi connectivity index (χ4n) is 2.20. The quantitative estimate of drug-likeness (QED) is 0.475. The number of hydrogen-bond acceptors (Lipinski definition) is 10. The average Bonchev–Trinajstić information content (AvgIpc) is 2.92. The molecule has 0 atom stereocenters. The highest BCUT2D eigenvalue weighted by atomic mass is 32.1. The zero-order valence-electron chi connectivity index (χ0n) is 14.2. The Kier molecular flexibility index (Phi) is 4.90. The minimum atomic E-state index is -0.630. The summed E-state index contributed by atoms with van der Waals surface area (Å²) in [4.78, 5) is 34.4. The van der Waals surface area contributed by atoms with Gasteiger partial charge in [0.1, 0.15) is 6.33 Å². The van der Waals surface area contributed by atoms with Crippen LogP contribution in [0.5, 0.6) is 0 Å². The van der Waals surface area contributed by atoms with Crippen molar-refractivity contribution in [3.63, 3.8) is 0 Å². The van der Waals surface area contributed by atoms with E-state index in [1.807, 2.05) is 13.8 Å². The van der Waals surface area contributed by atoms with Crippen molar-refractivity contribution in [2.24, 2.45) is 0 Å². The lowest BCUT2D eigenvalue weighted by atomic mass is 10.3. The van der Waals surface area contributed by atoms with Crippen LogP contribution in [0, 0.1) is 34.1 Å². The van der Waals surface area contributed by atoms with Gasteiger partial charge >= 0.3 is 5.69 Å². The van der Waals surface area contributed by atoms with Gasteiger partial charge in [-0.3, -0.25) is 20.2 Å². The molecule has 1 aromatic carbocycles. The number of nitrogens with zero attached hydrogens (tertiary/aromatic N) is 5. The third-order valence-electron chi connectivity index (χ3n) is 3.58. The third-order valence-corrected chi connectivity index (χ3v) is 4.57. The standard InChI is InChI=1S/C15H13N7O4S/c1-8-9(2)27-15(18-8)20-14-12(22(25)26)13(16-7-17-14)19-10-4-3-5-11(6-10)21(23)24/h3-7H,1-2H3,(H2,16,17,18,19,20). The molecule has 27 heavy (non-hydrogen) atoms. The molecule has 0 bridgehead atoms. The molecular weight excluding hydrogens is 374 g/mol. The predicted octanol–water partition coefficient (Wildman–Crippen LogP) is 3.85. The van der Waals surface area contributed by atoms with E-state index in [1.165, 1.54) is 29.5 Å². The summed E-state index contributed by atoms with van der Waals surface area (Å²) in [6.07, 6.45) is 1.16. The van der Waals surface area contributed by atoms with Gasteiger partial charge in [-0.15, -0.1) is 11.3 Å². The lowest BCUT2D eigenvalue weighted by Crippen LogP contribution is -2.05. The Bertz CT molecular complexity index is 1020. The Morgan fingerprint density at radius 3 is 2.33 bits per heavy atom. The molecule has 0 aliphatic carbocycles. The van der Waals surface area contributed by atoms with Gasteiger partial charge in [-0.2, -0.15) is 0 Å². The molecule has 0 radical (unpaired) electrons. The van der Waals surface area contributed by atoms with Crippen LogP contribution in [0.3, 0.4) is 0 Å². The van der Waals surface area contributed by atoms with Crippen LogP contribution in [0.25, 0.3) is 0 Å². The Labute approximate surface area is 156 Å². The summed E-state index contributed by atoms with van der Waals surface area (Å²) in [5, 5.41) is 28.5. The number of aromatic nitrogens is 3. The molecule has 3 aromatic rings. The summed E-state index contributed by atoms with van der Waals surface area (Å²) in [5.74, 6) is -0.125. The largest absolute Gasteiger partial charge is 0.353 e. The minimum absolute atomic E-state index is 0.0309. The number of thiazole rings is 1. The van der Waals surface area contributed by atoms with Crippen LogP contribution < -0.4 is 10.6 Å². The molecule has 0 spiro atoms. The second-order valence-corrected chi connectivity index (χ2v) is 6.60. The van der Waals surface area contributed by atoms with Crippen LogP contribution in [-0.4, -0.2) is 24.8 Å². The molecule has 11 nitrogen and oxygen atoms in total. The van der Waals surface area contributed by atoms with Gasteiger partial charge in [0.2, 0.25) is 11.6 Å². The van der Waals surface area contributed by atoms with Gasteiger partial charge in [0.05, 0.1) is 15.5 Å². The SMILES string of the molecule is Cc1nc(Nc2ncnc(Nc3cccc([N+](=O)[O-])c3)c2[N+](=O)[O-])sc1C. The maximum atomic E-state index is 11.6. The van der Waals surface area contributed by atoms with Gasteiger partial charge in [-0.05, 0) is 19.9 Å². The summed E-state index contributed by atoms with van der Waals surface area (Å²) in [6, 6.07) is 5.58. The van der Waals surface area contributed by atoms with E-state index in [4.69, 9.17) is 0 Å². The summed E-state index contributed by atoms with van der Waals surface area (Å²) >= 11 is 1.34. The van der Waals surface area contributed by atoms with Crippen molar-refractivity contribution >= 4 is 45.2 Å². The fourth-order valence-corrected chi connectivity index (χ4v) is 3.01. The lowest BCUT2D eigenvalue weighted by molar-refractivity contribution is -0.384. The molecular formula is C15H13N7O4S. The number of rotatable bonds is 6. The van der Waals surface area contributed by atoms with E-state index in [9.17, 15) is 20.2 Å². The fraction of sp³-hybridized carbons (Fsp3) is 0.133. The highest BCUT2D eigenvalue weighted by molar-refractivity contribution is 7.15. The minimum Gasteiger partial charge on any atom is -0.334 e. The summed E-state index contributed by atoms with van der Waals surface area (Å²) in [6.45, 7) is 3.72. The third kappa shape index (κ3) is 3.95. The molecule has 0 aliphatic rings. The first-order chi connectivity index (χ1) is 12.8. The molecule has 2 N–H and O–H groups in total. The van der Waals surface area contributed by atoms with Crippen LogP contribution in [0.15, 0.2) is 30.6 Å². The summed E-state index contributed by atoms with van der Waals surface area (Å²) < 4.78 is 0. The number of nitrogens with one attached hydrogen (secondary N) is 2. The maximum absolute atomic E-state index is 11.6. The Balaban J connectivity index is 1.97. The van der Waals surface area contributed by atoms with Crippen LogP contribution in [0.4, 0.5) is 33.8 Å². The number of anilines is 4. The van der Waals surface area contributed by atoms with E-state index in [0.717, 1.165) is 16.9 Å². The first-order valence-corrected chi connectivity index (χ1v) is 8.38. The van der Waals surface area contributed by atoms with Gasteiger partial charge in [0.25, 0.3) is 5.69 Å². The van der Waals surface area contributed by atoms with Gasteiger partial charge in [0, 0.05) is 22.7 Å². The monoisotopic (exact) mass is 387 g/mol. The first-order valence-electron chi connectivity index (χ1n) is 7.57. The van der Waals surface area contributed by atoms with E-state index < -0.39 is 15.5 Å². The van der Waals surface area contributed by atoms with Crippen molar-refractivity contribution in [2.75, 3.05) is 10.6 Å². The number of aryl methyl sites for hydroxylation is 2. The number of nitro groups is 2. The Hall–Kier alpha value is -3.67. The van der Waals surface area contributed by atoms with E-state index in [-0.39, 0.29) is 23.0 Å². The first kappa shape index (κ1) is 18.1. The molecule has 2 aromatic heterocycles. The van der Waals surface area contributed by atoms with Crippen molar-refractivity contribution in [3.8, 4) is 0 Å². The zero-order valence-corrected chi connectivity index (χ0v) is 15.0. The van der Waals surface area contributed by atoms with Gasteiger partial charge in [-0.1, -0.05) is 6.07 Å². The average molecular weight is 387 g/mol. The molecule has 0 unspecified atom stereocenters. The maximum Gasteiger partial charge on any atom is 0.353 e. The molecule has 0 aliphatic heterocycles. The lowest BCUT2D eigenvalue weighted by Gasteiger charge is -2.08. The van der Waals surface area contributed by atoms with Crippen molar-refractivity contribution in [1.29, 1.82) is 0 Å². The van der Waals surface area contributed by atoms with Crippen molar-refractivity contribution in [2.45, 2.75) is 13.8 Å². The van der Waals surface area contributed by atoms with Crippen molar-refractivity contribution in [3.05, 3.63) is 61.4 Å². The van der Waals surface area contributed by atoms with Gasteiger partial charge in [-0.25, -0.2) is 15.0 Å². The number of benzene rings is 1. The summed E-state index contributed by atoms with van der Waals surface area (Å²) in [5.41, 5.74) is 0.561. The highest BCUT2D eigenvalue weighted by Crippen LogP contribution is 2.34. The normalized spacial score (nSPS) is 10.4. The highest BCUT2D eigenvalue weighted by Gasteiger charge is 2.24. The van der Waals surface area contributed by atoms with Crippen LogP contribution in [0.1, 0.15) is 10.6 Å². The molecule has 12 heteroatoms. The van der Waals surface area contributed by atoms with Crippen molar-refractivity contribution < 1.29 is 9.85 Å². The van der Waals surface area contributed by atoms with E-state index in [1.54, 1.807) is 6.07 Å². The number of hydrogen-bond donors (Lipinski definition) is 2. The molecule has 0 saturated heterocycles. The Morgan fingerprint density at radius 2 is 1.74 bits per heavy atom. The molecule has 0 amide bonds. The number of nitro benzene ring substituents is 1. The second-order valence-electron chi connectivity index (χ2n) is 5.39. The Morgan fingerprint density at radius 1 is 1.04 bits per heavy atom. The molecule has 0 fully saturated rings. The summed E-state index contributed by atoms with van der Waals surface area (Å²) in [7, 11) is 0. The smallest absolute Gasteiger partial charge is 0.334 e.